The number of carboxylic acids is 1. The molecule has 2 aromatic heterocycles. The molecule has 1 atom stereocenters. The molecule has 0 saturated heterocycles. The van der Waals surface area contributed by atoms with Crippen LogP contribution in [0.3, 0.4) is 0 Å². The Kier molecular flexibility index (Phi) is 5.99. The first-order valence-electron chi connectivity index (χ1n) is 7.43. The highest BCUT2D eigenvalue weighted by atomic mass is 32.1. The lowest BCUT2D eigenvalue weighted by Crippen LogP contribution is -2.26. The fourth-order valence-electron chi connectivity index (χ4n) is 2.12. The number of carbonyl (C=O) groups excluding carboxylic acids is 1. The van der Waals surface area contributed by atoms with Gasteiger partial charge in [0.2, 0.25) is 0 Å². The monoisotopic (exact) mass is 349 g/mol. The van der Waals surface area contributed by atoms with E-state index in [1.165, 1.54) is 34.6 Å². The average molecular weight is 349 g/mol. The third-order valence-corrected chi connectivity index (χ3v) is 4.36. The maximum atomic E-state index is 12.4. The van der Waals surface area contributed by atoms with Crippen molar-refractivity contribution in [2.24, 2.45) is 0 Å². The molecule has 7 nitrogen and oxygen atoms in total. The molecule has 2 aromatic rings. The summed E-state index contributed by atoms with van der Waals surface area (Å²) in [6.45, 7) is 4.81. The number of aromatic nitrogens is 2. The first-order chi connectivity index (χ1) is 11.4. The van der Waals surface area contributed by atoms with Gasteiger partial charge >= 0.3 is 5.97 Å². The number of carboxylic acid groups (broad SMARTS) is 1. The van der Waals surface area contributed by atoms with E-state index in [0.717, 1.165) is 10.7 Å². The highest BCUT2D eigenvalue weighted by Crippen LogP contribution is 2.22. The van der Waals surface area contributed by atoms with Crippen molar-refractivity contribution in [3.63, 3.8) is 0 Å². The van der Waals surface area contributed by atoms with Gasteiger partial charge in [0.1, 0.15) is 16.8 Å². The van der Waals surface area contributed by atoms with Crippen molar-refractivity contribution in [2.75, 3.05) is 13.7 Å². The molecule has 0 aliphatic rings. The van der Waals surface area contributed by atoms with Crippen LogP contribution in [-0.2, 0) is 11.3 Å². The van der Waals surface area contributed by atoms with Crippen LogP contribution in [0.4, 0.5) is 0 Å². The number of hydrogen-bond acceptors (Lipinski definition) is 6. The largest absolute Gasteiger partial charge is 0.477 e. The molecular formula is C16H19N3O4S. The van der Waals surface area contributed by atoms with Crippen molar-refractivity contribution in [1.29, 1.82) is 0 Å². The van der Waals surface area contributed by atoms with Crippen molar-refractivity contribution in [1.82, 2.24) is 14.9 Å². The van der Waals surface area contributed by atoms with E-state index in [1.54, 1.807) is 7.05 Å². The first kappa shape index (κ1) is 18.0. The van der Waals surface area contributed by atoms with E-state index < -0.39 is 5.97 Å². The summed E-state index contributed by atoms with van der Waals surface area (Å²) < 4.78 is 5.50. The Hall–Kier alpha value is -2.32. The molecular weight excluding hydrogens is 330 g/mol. The van der Waals surface area contributed by atoms with E-state index in [2.05, 4.69) is 9.97 Å². The van der Waals surface area contributed by atoms with Crippen LogP contribution in [0, 0.1) is 0 Å². The summed E-state index contributed by atoms with van der Waals surface area (Å²) in [6, 6.07) is 2.76. The van der Waals surface area contributed by atoms with Crippen molar-refractivity contribution < 1.29 is 19.4 Å². The van der Waals surface area contributed by atoms with Crippen LogP contribution >= 0.6 is 11.3 Å². The Morgan fingerprint density at radius 1 is 1.46 bits per heavy atom. The molecule has 0 fully saturated rings. The third-order valence-electron chi connectivity index (χ3n) is 3.31. The van der Waals surface area contributed by atoms with Gasteiger partial charge in [0.15, 0.2) is 0 Å². The quantitative estimate of drug-likeness (QED) is 0.826. The molecule has 0 aliphatic carbocycles. The number of nitrogens with zero attached hydrogens (tertiary/aromatic N) is 3. The topological polar surface area (TPSA) is 92.6 Å². The van der Waals surface area contributed by atoms with Gasteiger partial charge in [0, 0.05) is 30.8 Å². The molecule has 0 aromatic carbocycles. The molecule has 0 saturated carbocycles. The van der Waals surface area contributed by atoms with E-state index in [1.807, 2.05) is 19.2 Å². The normalized spacial score (nSPS) is 12.0. The number of thiazole rings is 1. The van der Waals surface area contributed by atoms with Gasteiger partial charge in [-0.1, -0.05) is 0 Å². The molecule has 0 radical (unpaired) electrons. The summed E-state index contributed by atoms with van der Waals surface area (Å²) in [4.78, 5) is 33.1. The van der Waals surface area contributed by atoms with Gasteiger partial charge in [-0.2, -0.15) is 0 Å². The second-order valence-corrected chi connectivity index (χ2v) is 6.06. The fourth-order valence-corrected chi connectivity index (χ4v) is 2.93. The number of pyridine rings is 1. The number of rotatable bonds is 7. The lowest BCUT2D eigenvalue weighted by Gasteiger charge is -2.16. The van der Waals surface area contributed by atoms with E-state index in [9.17, 15) is 9.59 Å². The molecule has 0 spiro atoms. The maximum absolute atomic E-state index is 12.4. The molecule has 1 N–H and O–H groups in total. The predicted octanol–water partition coefficient (Wildman–Crippen LogP) is 2.61. The van der Waals surface area contributed by atoms with E-state index >= 15 is 0 Å². The van der Waals surface area contributed by atoms with Gasteiger partial charge in [0.05, 0.1) is 12.2 Å². The number of amides is 1. The smallest absolute Gasteiger partial charge is 0.354 e. The number of ether oxygens (including phenoxy) is 1. The highest BCUT2D eigenvalue weighted by molar-refractivity contribution is 7.09. The summed E-state index contributed by atoms with van der Waals surface area (Å²) in [5.41, 5.74) is 0.892. The SMILES string of the molecule is CCOC(C)c1nc(CN(C)C(=O)c2ccnc(C(=O)O)c2)cs1. The molecule has 2 heterocycles. The Balaban J connectivity index is 2.06. The van der Waals surface area contributed by atoms with Crippen LogP contribution in [-0.4, -0.2) is 45.5 Å². The van der Waals surface area contributed by atoms with Gasteiger partial charge in [-0.3, -0.25) is 4.79 Å². The third kappa shape index (κ3) is 4.36. The molecule has 1 amide bonds. The second kappa shape index (κ2) is 7.98. The minimum atomic E-state index is -1.17. The van der Waals surface area contributed by atoms with Crippen molar-refractivity contribution in [2.45, 2.75) is 26.5 Å². The van der Waals surface area contributed by atoms with Crippen LogP contribution < -0.4 is 0 Å². The van der Waals surface area contributed by atoms with Gasteiger partial charge in [-0.15, -0.1) is 11.3 Å². The van der Waals surface area contributed by atoms with Crippen LogP contribution in [0.5, 0.6) is 0 Å². The predicted molar refractivity (Wildman–Crippen MR) is 89.1 cm³/mol. The van der Waals surface area contributed by atoms with Crippen LogP contribution in [0.2, 0.25) is 0 Å². The lowest BCUT2D eigenvalue weighted by atomic mass is 10.2. The molecule has 8 heteroatoms. The van der Waals surface area contributed by atoms with Gasteiger partial charge in [0.25, 0.3) is 5.91 Å². The van der Waals surface area contributed by atoms with Crippen molar-refractivity contribution >= 4 is 23.2 Å². The first-order valence-corrected chi connectivity index (χ1v) is 8.31. The van der Waals surface area contributed by atoms with Gasteiger partial charge < -0.3 is 14.7 Å². The highest BCUT2D eigenvalue weighted by Gasteiger charge is 2.17. The summed E-state index contributed by atoms with van der Waals surface area (Å²) in [5, 5.41) is 11.7. The standard InChI is InChI=1S/C16H19N3O4S/c1-4-23-10(2)14-18-12(9-24-14)8-19(3)15(20)11-5-6-17-13(7-11)16(21)22/h5-7,9-10H,4,8H2,1-3H3,(H,21,22). The summed E-state index contributed by atoms with van der Waals surface area (Å²) in [5.74, 6) is -1.45. The van der Waals surface area contributed by atoms with Crippen molar-refractivity contribution in [3.8, 4) is 0 Å². The minimum absolute atomic E-state index is 0.0759. The van der Waals surface area contributed by atoms with Crippen LogP contribution in [0.15, 0.2) is 23.7 Å². The zero-order valence-corrected chi connectivity index (χ0v) is 14.5. The van der Waals surface area contributed by atoms with Crippen LogP contribution in [0.25, 0.3) is 0 Å². The molecule has 24 heavy (non-hydrogen) atoms. The zero-order valence-electron chi connectivity index (χ0n) is 13.7. The average Bonchev–Trinajstić information content (AvgIpc) is 3.03. The molecule has 1 unspecified atom stereocenters. The molecule has 2 rings (SSSR count). The van der Waals surface area contributed by atoms with Gasteiger partial charge in [-0.25, -0.2) is 14.8 Å². The number of hydrogen-bond donors (Lipinski definition) is 1. The summed E-state index contributed by atoms with van der Waals surface area (Å²) in [7, 11) is 1.65. The summed E-state index contributed by atoms with van der Waals surface area (Å²) in [6.07, 6.45) is 1.24. The van der Waals surface area contributed by atoms with Crippen molar-refractivity contribution in [3.05, 3.63) is 45.7 Å². The Bertz CT molecular complexity index is 732. The van der Waals surface area contributed by atoms with Gasteiger partial charge in [-0.05, 0) is 26.0 Å². The lowest BCUT2D eigenvalue weighted by molar-refractivity contribution is 0.0690. The molecule has 0 bridgehead atoms. The second-order valence-electron chi connectivity index (χ2n) is 5.17. The Morgan fingerprint density at radius 2 is 2.21 bits per heavy atom. The maximum Gasteiger partial charge on any atom is 0.354 e. The fraction of sp³-hybridized carbons (Fsp3) is 0.375. The number of aromatic carboxylic acids is 1. The van der Waals surface area contributed by atoms with Crippen LogP contribution in [0.1, 0.15) is 51.5 Å². The zero-order chi connectivity index (χ0) is 17.7. The Labute approximate surface area is 143 Å². The minimum Gasteiger partial charge on any atom is -0.477 e. The summed E-state index contributed by atoms with van der Waals surface area (Å²) >= 11 is 1.49. The molecule has 128 valence electrons. The molecule has 0 aliphatic heterocycles. The Morgan fingerprint density at radius 3 is 2.88 bits per heavy atom. The van der Waals surface area contributed by atoms with E-state index in [4.69, 9.17) is 9.84 Å². The van der Waals surface area contributed by atoms with E-state index in [0.29, 0.717) is 13.2 Å². The van der Waals surface area contributed by atoms with E-state index in [-0.39, 0.29) is 23.3 Å². The number of carbonyl (C=O) groups is 2.